The Hall–Kier alpha value is -0.390. The van der Waals surface area contributed by atoms with Gasteiger partial charge in [-0.3, -0.25) is 9.63 Å². The van der Waals surface area contributed by atoms with Crippen molar-refractivity contribution in [2.24, 2.45) is 0 Å². The molecule has 3 nitrogen and oxygen atoms in total. The molecule has 0 saturated carbocycles. The first kappa shape index (κ1) is 12.7. The number of carbonyl (C=O) groups is 1. The van der Waals surface area contributed by atoms with Crippen molar-refractivity contribution < 1.29 is 9.63 Å². The van der Waals surface area contributed by atoms with Crippen LogP contribution in [0.5, 0.6) is 0 Å². The summed E-state index contributed by atoms with van der Waals surface area (Å²) in [6, 6.07) is 5.31. The van der Waals surface area contributed by atoms with Gasteiger partial charge in [-0.15, -0.1) is 0 Å². The van der Waals surface area contributed by atoms with Gasteiger partial charge in [0.1, 0.15) is 0 Å². The maximum Gasteiger partial charge on any atom is 0.274 e. The van der Waals surface area contributed by atoms with E-state index in [0.717, 1.165) is 8.95 Å². The fraction of sp³-hybridized carbons (Fsp3) is 0.300. The Morgan fingerprint density at radius 1 is 1.27 bits per heavy atom. The van der Waals surface area contributed by atoms with Crippen molar-refractivity contribution in [1.29, 1.82) is 0 Å². The number of hydrogen-bond donors (Lipinski definition) is 1. The van der Waals surface area contributed by atoms with Gasteiger partial charge in [0.05, 0.1) is 6.10 Å². The smallest absolute Gasteiger partial charge is 0.271 e. The van der Waals surface area contributed by atoms with Crippen molar-refractivity contribution in [3.63, 3.8) is 0 Å². The van der Waals surface area contributed by atoms with Crippen LogP contribution in [0.2, 0.25) is 0 Å². The minimum atomic E-state index is -0.259. The van der Waals surface area contributed by atoms with Crippen LogP contribution >= 0.6 is 31.9 Å². The van der Waals surface area contributed by atoms with Crippen LogP contribution in [0.3, 0.4) is 0 Å². The maximum atomic E-state index is 11.6. The fourth-order valence-corrected chi connectivity index (χ4v) is 2.21. The molecule has 0 aliphatic heterocycles. The van der Waals surface area contributed by atoms with Crippen LogP contribution in [-0.2, 0) is 4.84 Å². The molecule has 15 heavy (non-hydrogen) atoms. The molecule has 0 heterocycles. The van der Waals surface area contributed by atoms with Crippen LogP contribution in [0.25, 0.3) is 0 Å². The Labute approximate surface area is 105 Å². The Balaban J connectivity index is 2.73. The highest BCUT2D eigenvalue weighted by Crippen LogP contribution is 2.19. The number of carbonyl (C=O) groups excluding carboxylic acids is 1. The Kier molecular flexibility index (Phi) is 4.76. The first-order chi connectivity index (χ1) is 6.99. The predicted molar refractivity (Wildman–Crippen MR) is 65.5 cm³/mol. The SMILES string of the molecule is CC(C)ONC(=O)c1cc(Br)cc(Br)c1. The zero-order chi connectivity index (χ0) is 11.4. The number of hydroxylamine groups is 1. The van der Waals surface area contributed by atoms with Crippen molar-refractivity contribution in [2.45, 2.75) is 20.0 Å². The second-order valence-electron chi connectivity index (χ2n) is 3.26. The summed E-state index contributed by atoms with van der Waals surface area (Å²) in [5.74, 6) is -0.259. The number of rotatable bonds is 3. The third kappa shape index (κ3) is 4.32. The van der Waals surface area contributed by atoms with E-state index in [4.69, 9.17) is 4.84 Å². The van der Waals surface area contributed by atoms with Crippen LogP contribution in [0.1, 0.15) is 24.2 Å². The van der Waals surface area contributed by atoms with Crippen LogP contribution in [0.15, 0.2) is 27.1 Å². The second kappa shape index (κ2) is 5.63. The lowest BCUT2D eigenvalue weighted by Crippen LogP contribution is -2.26. The van der Waals surface area contributed by atoms with E-state index in [1.165, 1.54) is 0 Å². The number of amides is 1. The first-order valence-corrected chi connectivity index (χ1v) is 5.99. The lowest BCUT2D eigenvalue weighted by molar-refractivity contribution is 0.000182. The molecule has 0 unspecified atom stereocenters. The van der Waals surface area contributed by atoms with Crippen molar-refractivity contribution in [2.75, 3.05) is 0 Å². The minimum absolute atomic E-state index is 0.0375. The molecule has 0 aromatic heterocycles. The summed E-state index contributed by atoms with van der Waals surface area (Å²) in [7, 11) is 0. The van der Waals surface area contributed by atoms with E-state index in [2.05, 4.69) is 37.3 Å². The van der Waals surface area contributed by atoms with Crippen molar-refractivity contribution in [1.82, 2.24) is 5.48 Å². The van der Waals surface area contributed by atoms with Gasteiger partial charge in [0.25, 0.3) is 5.91 Å². The molecule has 0 bridgehead atoms. The van der Waals surface area contributed by atoms with Gasteiger partial charge in [-0.05, 0) is 32.0 Å². The largest absolute Gasteiger partial charge is 0.274 e. The van der Waals surface area contributed by atoms with E-state index in [1.54, 1.807) is 12.1 Å². The van der Waals surface area contributed by atoms with Gasteiger partial charge in [-0.25, -0.2) is 5.48 Å². The first-order valence-electron chi connectivity index (χ1n) is 4.41. The number of hydrogen-bond acceptors (Lipinski definition) is 2. The highest BCUT2D eigenvalue weighted by molar-refractivity contribution is 9.11. The topological polar surface area (TPSA) is 38.3 Å². The lowest BCUT2D eigenvalue weighted by atomic mass is 10.2. The lowest BCUT2D eigenvalue weighted by Gasteiger charge is -2.08. The molecule has 1 aromatic rings. The molecule has 0 spiro atoms. The second-order valence-corrected chi connectivity index (χ2v) is 5.09. The quantitative estimate of drug-likeness (QED) is 0.860. The fourth-order valence-electron chi connectivity index (χ4n) is 0.915. The number of benzene rings is 1. The zero-order valence-electron chi connectivity index (χ0n) is 8.38. The Bertz CT molecular complexity index is 346. The molecular weight excluding hydrogens is 326 g/mol. The van der Waals surface area contributed by atoms with Crippen molar-refractivity contribution in [3.05, 3.63) is 32.7 Å². The van der Waals surface area contributed by atoms with Gasteiger partial charge in [-0.2, -0.15) is 0 Å². The van der Waals surface area contributed by atoms with Gasteiger partial charge in [0, 0.05) is 14.5 Å². The molecule has 0 radical (unpaired) electrons. The summed E-state index contributed by atoms with van der Waals surface area (Å²) in [4.78, 5) is 16.6. The summed E-state index contributed by atoms with van der Waals surface area (Å²) in [6.45, 7) is 3.69. The van der Waals surface area contributed by atoms with Crippen molar-refractivity contribution >= 4 is 37.8 Å². The van der Waals surface area contributed by atoms with Gasteiger partial charge in [-0.1, -0.05) is 31.9 Å². The van der Waals surface area contributed by atoms with Crippen LogP contribution in [0.4, 0.5) is 0 Å². The van der Waals surface area contributed by atoms with E-state index in [-0.39, 0.29) is 12.0 Å². The van der Waals surface area contributed by atoms with E-state index >= 15 is 0 Å². The number of nitrogens with one attached hydrogen (secondary N) is 1. The molecule has 0 aliphatic carbocycles. The molecule has 5 heteroatoms. The Morgan fingerprint density at radius 2 is 1.80 bits per heavy atom. The zero-order valence-corrected chi connectivity index (χ0v) is 11.6. The van der Waals surface area contributed by atoms with Crippen molar-refractivity contribution in [3.8, 4) is 0 Å². The molecule has 82 valence electrons. The van der Waals surface area contributed by atoms with E-state index in [9.17, 15) is 4.79 Å². The van der Waals surface area contributed by atoms with E-state index in [0.29, 0.717) is 5.56 Å². The summed E-state index contributed by atoms with van der Waals surface area (Å²) < 4.78 is 1.68. The van der Waals surface area contributed by atoms with Crippen LogP contribution < -0.4 is 5.48 Å². The molecular formula is C10H11Br2NO2. The number of halogens is 2. The third-order valence-electron chi connectivity index (χ3n) is 1.51. The van der Waals surface area contributed by atoms with E-state index in [1.807, 2.05) is 19.9 Å². The third-order valence-corrected chi connectivity index (χ3v) is 2.43. The summed E-state index contributed by atoms with van der Waals surface area (Å²) in [5, 5.41) is 0. The average Bonchev–Trinajstić information content (AvgIpc) is 2.12. The molecule has 1 amide bonds. The molecule has 1 aromatic carbocycles. The monoisotopic (exact) mass is 335 g/mol. The molecule has 0 atom stereocenters. The highest BCUT2D eigenvalue weighted by Gasteiger charge is 2.08. The Morgan fingerprint density at radius 3 is 2.27 bits per heavy atom. The predicted octanol–water partition coefficient (Wildman–Crippen LogP) is 3.28. The van der Waals surface area contributed by atoms with Gasteiger partial charge in [0.2, 0.25) is 0 Å². The standard InChI is InChI=1S/C10H11Br2NO2/c1-6(2)15-13-10(14)7-3-8(11)5-9(12)4-7/h3-6H,1-2H3,(H,13,14). The summed E-state index contributed by atoms with van der Waals surface area (Å²) >= 11 is 6.62. The van der Waals surface area contributed by atoms with Crippen LogP contribution in [-0.4, -0.2) is 12.0 Å². The van der Waals surface area contributed by atoms with Gasteiger partial charge >= 0.3 is 0 Å². The minimum Gasteiger partial charge on any atom is -0.271 e. The van der Waals surface area contributed by atoms with E-state index < -0.39 is 0 Å². The molecule has 0 saturated heterocycles. The molecule has 1 rings (SSSR count). The maximum absolute atomic E-state index is 11.6. The normalized spacial score (nSPS) is 10.5. The summed E-state index contributed by atoms with van der Waals surface area (Å²) in [5.41, 5.74) is 2.91. The van der Waals surface area contributed by atoms with Gasteiger partial charge < -0.3 is 0 Å². The van der Waals surface area contributed by atoms with Crippen LogP contribution in [0, 0.1) is 0 Å². The molecule has 1 N–H and O–H groups in total. The van der Waals surface area contributed by atoms with Gasteiger partial charge in [0.15, 0.2) is 0 Å². The molecule has 0 fully saturated rings. The molecule has 0 aliphatic rings. The average molecular weight is 337 g/mol. The summed E-state index contributed by atoms with van der Waals surface area (Å²) in [6.07, 6.45) is -0.0375. The highest BCUT2D eigenvalue weighted by atomic mass is 79.9.